The molecule has 0 unspecified atom stereocenters. The number of piperidine rings is 1. The summed E-state index contributed by atoms with van der Waals surface area (Å²) >= 11 is 0. The first-order valence-corrected chi connectivity index (χ1v) is 6.41. The van der Waals surface area contributed by atoms with Crippen molar-refractivity contribution < 1.29 is 14.7 Å². The molecule has 2 N–H and O–H groups in total. The maximum absolute atomic E-state index is 12.3. The Balaban J connectivity index is 2.07. The van der Waals surface area contributed by atoms with Gasteiger partial charge in [-0.25, -0.2) is 4.79 Å². The summed E-state index contributed by atoms with van der Waals surface area (Å²) in [7, 11) is 1.74. The van der Waals surface area contributed by atoms with E-state index < -0.39 is 5.97 Å². The van der Waals surface area contributed by atoms with Crippen LogP contribution in [0.2, 0.25) is 0 Å². The quantitative estimate of drug-likeness (QED) is 0.862. The van der Waals surface area contributed by atoms with E-state index in [1.54, 1.807) is 24.1 Å². The minimum Gasteiger partial charge on any atom is -0.478 e. The van der Waals surface area contributed by atoms with Gasteiger partial charge in [-0.1, -0.05) is 0 Å². The highest BCUT2D eigenvalue weighted by Crippen LogP contribution is 2.20. The van der Waals surface area contributed by atoms with Crippen molar-refractivity contribution in [3.63, 3.8) is 0 Å². The van der Waals surface area contributed by atoms with E-state index in [1.165, 1.54) is 12.1 Å². The fourth-order valence-corrected chi connectivity index (χ4v) is 2.30. The van der Waals surface area contributed by atoms with Gasteiger partial charge in [0.15, 0.2) is 0 Å². The van der Waals surface area contributed by atoms with Gasteiger partial charge in [-0.3, -0.25) is 4.79 Å². The molecule has 0 aromatic heterocycles. The molecule has 0 bridgehead atoms. The third-order valence-corrected chi connectivity index (χ3v) is 3.52. The molecule has 1 amide bonds. The molecule has 1 aliphatic rings. The molecule has 1 fully saturated rings. The van der Waals surface area contributed by atoms with E-state index in [1.807, 2.05) is 0 Å². The Kier molecular flexibility index (Phi) is 4.16. The van der Waals surface area contributed by atoms with Crippen molar-refractivity contribution >= 4 is 17.6 Å². The lowest BCUT2D eigenvalue weighted by Crippen LogP contribution is -2.39. The molecular formula is C14H18N2O3. The average molecular weight is 262 g/mol. The molecule has 1 heterocycles. The van der Waals surface area contributed by atoms with Crippen molar-refractivity contribution in [3.05, 3.63) is 29.8 Å². The molecule has 0 saturated carbocycles. The maximum atomic E-state index is 12.3. The van der Waals surface area contributed by atoms with Crippen molar-refractivity contribution in [2.75, 3.05) is 25.0 Å². The van der Waals surface area contributed by atoms with E-state index >= 15 is 0 Å². The molecule has 102 valence electrons. The van der Waals surface area contributed by atoms with Crippen LogP contribution in [0.1, 0.15) is 23.2 Å². The van der Waals surface area contributed by atoms with Crippen LogP contribution in [-0.2, 0) is 4.79 Å². The number of anilines is 1. The van der Waals surface area contributed by atoms with Crippen LogP contribution < -0.4 is 10.2 Å². The predicted octanol–water partition coefficient (Wildman–Crippen LogP) is 1.35. The molecule has 5 nitrogen and oxygen atoms in total. The Morgan fingerprint density at radius 1 is 1.21 bits per heavy atom. The topological polar surface area (TPSA) is 69.6 Å². The minimum atomic E-state index is -0.959. The van der Waals surface area contributed by atoms with Gasteiger partial charge in [0.05, 0.1) is 5.56 Å². The number of hydrogen-bond donors (Lipinski definition) is 2. The number of nitrogens with one attached hydrogen (secondary N) is 1. The van der Waals surface area contributed by atoms with Crippen molar-refractivity contribution in [1.82, 2.24) is 5.32 Å². The Bertz CT molecular complexity index is 464. The van der Waals surface area contributed by atoms with E-state index in [0.717, 1.165) is 31.6 Å². The highest BCUT2D eigenvalue weighted by molar-refractivity contribution is 5.95. The molecule has 1 aromatic carbocycles. The van der Waals surface area contributed by atoms with Crippen molar-refractivity contribution in [2.24, 2.45) is 5.92 Å². The summed E-state index contributed by atoms with van der Waals surface area (Å²) in [5.41, 5.74) is 0.958. The van der Waals surface area contributed by atoms with Crippen LogP contribution in [0.5, 0.6) is 0 Å². The SMILES string of the molecule is CN(C(=O)C1CCNCC1)c1ccc(C(=O)O)cc1. The van der Waals surface area contributed by atoms with Crippen LogP contribution in [0.3, 0.4) is 0 Å². The van der Waals surface area contributed by atoms with E-state index in [0.29, 0.717) is 0 Å². The van der Waals surface area contributed by atoms with Crippen LogP contribution in [-0.4, -0.2) is 37.1 Å². The number of benzene rings is 1. The fraction of sp³-hybridized carbons (Fsp3) is 0.429. The number of nitrogens with zero attached hydrogens (tertiary/aromatic N) is 1. The highest BCUT2D eigenvalue weighted by Gasteiger charge is 2.24. The Morgan fingerprint density at radius 2 is 1.79 bits per heavy atom. The number of carboxylic acid groups (broad SMARTS) is 1. The standard InChI is InChI=1S/C14H18N2O3/c1-16(13(17)10-6-8-15-9-7-10)12-4-2-11(3-5-12)14(18)19/h2-5,10,15H,6-9H2,1H3,(H,18,19). The third-order valence-electron chi connectivity index (χ3n) is 3.52. The molecule has 1 saturated heterocycles. The first kappa shape index (κ1) is 13.5. The summed E-state index contributed by atoms with van der Waals surface area (Å²) in [5, 5.41) is 12.1. The summed E-state index contributed by atoms with van der Waals surface area (Å²) in [6, 6.07) is 6.37. The van der Waals surface area contributed by atoms with Gasteiger partial charge < -0.3 is 15.3 Å². The Labute approximate surface area is 112 Å². The van der Waals surface area contributed by atoms with Crippen LogP contribution >= 0.6 is 0 Å². The highest BCUT2D eigenvalue weighted by atomic mass is 16.4. The Morgan fingerprint density at radius 3 is 2.32 bits per heavy atom. The summed E-state index contributed by atoms with van der Waals surface area (Å²) < 4.78 is 0. The molecule has 1 aromatic rings. The lowest BCUT2D eigenvalue weighted by molar-refractivity contribution is -0.122. The summed E-state index contributed by atoms with van der Waals surface area (Å²) in [6.07, 6.45) is 1.72. The van der Waals surface area contributed by atoms with E-state index in [2.05, 4.69) is 5.32 Å². The number of aromatic carboxylic acids is 1. The zero-order chi connectivity index (χ0) is 13.8. The van der Waals surface area contributed by atoms with Crippen molar-refractivity contribution in [1.29, 1.82) is 0 Å². The number of carbonyl (C=O) groups excluding carboxylic acids is 1. The zero-order valence-corrected chi connectivity index (χ0v) is 10.9. The van der Waals surface area contributed by atoms with Crippen LogP contribution in [0.15, 0.2) is 24.3 Å². The number of rotatable bonds is 3. The molecule has 0 aliphatic carbocycles. The normalized spacial score (nSPS) is 16.1. The number of amides is 1. The van der Waals surface area contributed by atoms with Crippen LogP contribution in [0, 0.1) is 5.92 Å². The second-order valence-electron chi connectivity index (χ2n) is 4.77. The second kappa shape index (κ2) is 5.84. The number of carboxylic acids is 1. The second-order valence-corrected chi connectivity index (χ2v) is 4.77. The molecular weight excluding hydrogens is 244 g/mol. The van der Waals surface area contributed by atoms with Gasteiger partial charge in [0.25, 0.3) is 0 Å². The maximum Gasteiger partial charge on any atom is 0.335 e. The van der Waals surface area contributed by atoms with Gasteiger partial charge in [0.1, 0.15) is 0 Å². The van der Waals surface area contributed by atoms with E-state index in [-0.39, 0.29) is 17.4 Å². The van der Waals surface area contributed by atoms with Gasteiger partial charge in [0.2, 0.25) is 5.91 Å². The van der Waals surface area contributed by atoms with Crippen LogP contribution in [0.4, 0.5) is 5.69 Å². The number of carbonyl (C=O) groups is 2. The summed E-state index contributed by atoms with van der Waals surface area (Å²) in [5.74, 6) is -0.797. The van der Waals surface area contributed by atoms with Gasteiger partial charge in [-0.05, 0) is 50.2 Å². The first-order chi connectivity index (χ1) is 9.09. The summed E-state index contributed by atoms with van der Waals surface area (Å²) in [6.45, 7) is 1.75. The zero-order valence-electron chi connectivity index (χ0n) is 10.9. The van der Waals surface area contributed by atoms with Crippen molar-refractivity contribution in [3.8, 4) is 0 Å². The molecule has 1 aliphatic heterocycles. The third kappa shape index (κ3) is 3.12. The van der Waals surface area contributed by atoms with Crippen LogP contribution in [0.25, 0.3) is 0 Å². The lowest BCUT2D eigenvalue weighted by Gasteiger charge is -2.27. The minimum absolute atomic E-state index is 0.0606. The molecule has 5 heteroatoms. The largest absolute Gasteiger partial charge is 0.478 e. The smallest absolute Gasteiger partial charge is 0.335 e. The monoisotopic (exact) mass is 262 g/mol. The average Bonchev–Trinajstić information content (AvgIpc) is 2.46. The first-order valence-electron chi connectivity index (χ1n) is 6.41. The van der Waals surface area contributed by atoms with Gasteiger partial charge in [-0.2, -0.15) is 0 Å². The van der Waals surface area contributed by atoms with Crippen molar-refractivity contribution in [2.45, 2.75) is 12.8 Å². The molecule has 0 atom stereocenters. The molecule has 19 heavy (non-hydrogen) atoms. The van der Waals surface area contributed by atoms with E-state index in [9.17, 15) is 9.59 Å². The number of hydrogen-bond acceptors (Lipinski definition) is 3. The van der Waals surface area contributed by atoms with Gasteiger partial charge in [-0.15, -0.1) is 0 Å². The molecule has 0 radical (unpaired) electrons. The van der Waals surface area contributed by atoms with E-state index in [4.69, 9.17) is 5.11 Å². The van der Waals surface area contributed by atoms with Gasteiger partial charge >= 0.3 is 5.97 Å². The fourth-order valence-electron chi connectivity index (χ4n) is 2.30. The predicted molar refractivity (Wildman–Crippen MR) is 72.4 cm³/mol. The lowest BCUT2D eigenvalue weighted by atomic mass is 9.96. The summed E-state index contributed by atoms with van der Waals surface area (Å²) in [4.78, 5) is 24.7. The molecule has 0 spiro atoms. The molecule has 2 rings (SSSR count). The Hall–Kier alpha value is -1.88. The van der Waals surface area contributed by atoms with Gasteiger partial charge in [0, 0.05) is 18.7 Å².